The van der Waals surface area contributed by atoms with E-state index in [0.29, 0.717) is 12.2 Å². The minimum atomic E-state index is -1.05. The molecule has 1 aliphatic rings. The second kappa shape index (κ2) is 6.87. The smallest absolute Gasteiger partial charge is 0.312 e. The number of rotatable bonds is 7. The minimum Gasteiger partial charge on any atom is -0.481 e. The zero-order valence-corrected chi connectivity index (χ0v) is 12.5. The van der Waals surface area contributed by atoms with E-state index in [-0.39, 0.29) is 12.5 Å². The molecule has 0 saturated heterocycles. The summed E-state index contributed by atoms with van der Waals surface area (Å²) in [6.45, 7) is 0.318. The van der Waals surface area contributed by atoms with Gasteiger partial charge in [0, 0.05) is 13.7 Å². The van der Waals surface area contributed by atoms with Gasteiger partial charge >= 0.3 is 5.97 Å². The first kappa shape index (κ1) is 16.4. The molecule has 1 aromatic rings. The summed E-state index contributed by atoms with van der Waals surface area (Å²) in [6, 6.07) is 5.28. The van der Waals surface area contributed by atoms with Gasteiger partial charge in [0.2, 0.25) is 5.91 Å². The number of ether oxygens (including phenoxy) is 1. The molecule has 1 amide bonds. The molecule has 0 aromatic heterocycles. The molecule has 6 heteroatoms. The number of methoxy groups -OCH3 is 1. The molecule has 0 aliphatic heterocycles. The summed E-state index contributed by atoms with van der Waals surface area (Å²) in [6.07, 6.45) is 2.47. The molecule has 1 saturated carbocycles. The standard InChI is InChI=1S/C16H20FNO4/c1-22-10-16(7-2-8-16)15(21)18-9-13(14(19)20)11-3-5-12(17)6-4-11/h3-6,13H,2,7-10H2,1H3,(H,18,21)(H,19,20). The molecule has 120 valence electrons. The molecule has 1 unspecified atom stereocenters. The quantitative estimate of drug-likeness (QED) is 0.807. The van der Waals surface area contributed by atoms with Crippen molar-refractivity contribution in [2.24, 2.45) is 5.41 Å². The van der Waals surface area contributed by atoms with Gasteiger partial charge in [-0.1, -0.05) is 18.6 Å². The van der Waals surface area contributed by atoms with E-state index in [1.807, 2.05) is 0 Å². The van der Waals surface area contributed by atoms with E-state index in [1.54, 1.807) is 7.11 Å². The maximum Gasteiger partial charge on any atom is 0.312 e. The van der Waals surface area contributed by atoms with Crippen LogP contribution in [0.15, 0.2) is 24.3 Å². The predicted molar refractivity (Wildman–Crippen MR) is 77.9 cm³/mol. The van der Waals surface area contributed by atoms with Crippen LogP contribution in [0.25, 0.3) is 0 Å². The average molecular weight is 309 g/mol. The van der Waals surface area contributed by atoms with Crippen molar-refractivity contribution in [1.29, 1.82) is 0 Å². The first-order valence-electron chi connectivity index (χ1n) is 7.24. The van der Waals surface area contributed by atoms with Crippen LogP contribution in [0.1, 0.15) is 30.7 Å². The number of carboxylic acid groups (broad SMARTS) is 1. The average Bonchev–Trinajstić information content (AvgIpc) is 2.44. The Kier molecular flexibility index (Phi) is 5.13. The van der Waals surface area contributed by atoms with Crippen LogP contribution < -0.4 is 5.32 Å². The van der Waals surface area contributed by atoms with Crippen molar-refractivity contribution in [2.75, 3.05) is 20.3 Å². The third kappa shape index (κ3) is 3.44. The van der Waals surface area contributed by atoms with E-state index >= 15 is 0 Å². The van der Waals surface area contributed by atoms with Crippen molar-refractivity contribution < 1.29 is 23.8 Å². The summed E-state index contributed by atoms with van der Waals surface area (Å²) in [7, 11) is 1.55. The number of carbonyl (C=O) groups excluding carboxylic acids is 1. The maximum atomic E-state index is 12.9. The van der Waals surface area contributed by atoms with Crippen molar-refractivity contribution in [1.82, 2.24) is 5.32 Å². The Balaban J connectivity index is 2.01. The van der Waals surface area contributed by atoms with E-state index < -0.39 is 23.1 Å². The molecule has 1 fully saturated rings. The summed E-state index contributed by atoms with van der Waals surface area (Å²) >= 11 is 0. The van der Waals surface area contributed by atoms with Crippen LogP contribution >= 0.6 is 0 Å². The summed E-state index contributed by atoms with van der Waals surface area (Å²) in [5.74, 6) is -2.55. The topological polar surface area (TPSA) is 75.6 Å². The fraction of sp³-hybridized carbons (Fsp3) is 0.500. The highest BCUT2D eigenvalue weighted by Gasteiger charge is 2.44. The van der Waals surface area contributed by atoms with Gasteiger partial charge in [-0.15, -0.1) is 0 Å². The highest BCUT2D eigenvalue weighted by atomic mass is 19.1. The second-order valence-corrected chi connectivity index (χ2v) is 5.72. The number of carboxylic acids is 1. The van der Waals surface area contributed by atoms with Gasteiger partial charge in [-0.3, -0.25) is 9.59 Å². The highest BCUT2D eigenvalue weighted by molar-refractivity contribution is 5.85. The number of halogens is 1. The maximum absolute atomic E-state index is 12.9. The number of nitrogens with one attached hydrogen (secondary N) is 1. The molecule has 22 heavy (non-hydrogen) atoms. The zero-order chi connectivity index (χ0) is 16.2. The Hall–Kier alpha value is -1.95. The van der Waals surface area contributed by atoms with Crippen molar-refractivity contribution in [3.63, 3.8) is 0 Å². The number of hydrogen-bond donors (Lipinski definition) is 2. The fourth-order valence-electron chi connectivity index (χ4n) is 2.74. The van der Waals surface area contributed by atoms with E-state index in [9.17, 15) is 19.1 Å². The predicted octanol–water partition coefficient (Wildman–Crippen LogP) is 1.93. The van der Waals surface area contributed by atoms with Crippen LogP contribution in [0.2, 0.25) is 0 Å². The molecule has 1 atom stereocenters. The Bertz CT molecular complexity index is 540. The normalized spacial score (nSPS) is 17.4. The van der Waals surface area contributed by atoms with Crippen LogP contribution in [-0.4, -0.2) is 37.2 Å². The van der Waals surface area contributed by atoms with Crippen LogP contribution in [0.3, 0.4) is 0 Å². The van der Waals surface area contributed by atoms with E-state index in [2.05, 4.69) is 5.32 Å². The monoisotopic (exact) mass is 309 g/mol. The third-order valence-corrected chi connectivity index (χ3v) is 4.25. The SMILES string of the molecule is COCC1(C(=O)NCC(C(=O)O)c2ccc(F)cc2)CCC1. The lowest BCUT2D eigenvalue weighted by Crippen LogP contribution is -2.49. The van der Waals surface area contributed by atoms with Crippen molar-refractivity contribution >= 4 is 11.9 Å². The first-order valence-corrected chi connectivity index (χ1v) is 7.24. The molecule has 0 bridgehead atoms. The minimum absolute atomic E-state index is 0.0226. The second-order valence-electron chi connectivity index (χ2n) is 5.72. The van der Waals surface area contributed by atoms with Crippen LogP contribution in [0, 0.1) is 11.2 Å². The Morgan fingerprint density at radius 3 is 2.45 bits per heavy atom. The molecular formula is C16H20FNO4. The lowest BCUT2D eigenvalue weighted by molar-refractivity contribution is -0.141. The van der Waals surface area contributed by atoms with Gasteiger partial charge in [0.1, 0.15) is 5.82 Å². The molecule has 1 aromatic carbocycles. The largest absolute Gasteiger partial charge is 0.481 e. The molecule has 0 spiro atoms. The van der Waals surface area contributed by atoms with E-state index in [1.165, 1.54) is 24.3 Å². The van der Waals surface area contributed by atoms with E-state index in [0.717, 1.165) is 19.3 Å². The van der Waals surface area contributed by atoms with Gasteiger partial charge < -0.3 is 15.2 Å². The van der Waals surface area contributed by atoms with Gasteiger partial charge in [-0.2, -0.15) is 0 Å². The Morgan fingerprint density at radius 1 is 1.36 bits per heavy atom. The number of hydrogen-bond acceptors (Lipinski definition) is 3. The van der Waals surface area contributed by atoms with Crippen molar-refractivity contribution in [2.45, 2.75) is 25.2 Å². The number of benzene rings is 1. The Labute approximate surface area is 128 Å². The van der Waals surface area contributed by atoms with Crippen molar-refractivity contribution in [3.05, 3.63) is 35.6 Å². The molecule has 0 heterocycles. The molecule has 1 aliphatic carbocycles. The third-order valence-electron chi connectivity index (χ3n) is 4.25. The van der Waals surface area contributed by atoms with Gasteiger partial charge in [0.05, 0.1) is 17.9 Å². The Morgan fingerprint density at radius 2 is 2.00 bits per heavy atom. The zero-order valence-electron chi connectivity index (χ0n) is 12.5. The van der Waals surface area contributed by atoms with Gasteiger partial charge in [-0.05, 0) is 30.5 Å². The van der Waals surface area contributed by atoms with Gasteiger partial charge in [-0.25, -0.2) is 4.39 Å². The van der Waals surface area contributed by atoms with Crippen LogP contribution in [-0.2, 0) is 14.3 Å². The van der Waals surface area contributed by atoms with Gasteiger partial charge in [0.15, 0.2) is 0 Å². The van der Waals surface area contributed by atoms with E-state index in [4.69, 9.17) is 4.74 Å². The number of carbonyl (C=O) groups is 2. The molecule has 2 rings (SSSR count). The lowest BCUT2D eigenvalue weighted by atomic mass is 9.68. The summed E-state index contributed by atoms with van der Waals surface area (Å²) in [5.41, 5.74) is -0.0655. The molecule has 0 radical (unpaired) electrons. The van der Waals surface area contributed by atoms with Crippen molar-refractivity contribution in [3.8, 4) is 0 Å². The fourth-order valence-corrected chi connectivity index (χ4v) is 2.74. The lowest BCUT2D eigenvalue weighted by Gasteiger charge is -2.39. The highest BCUT2D eigenvalue weighted by Crippen LogP contribution is 2.41. The number of amides is 1. The van der Waals surface area contributed by atoms with Crippen LogP contribution in [0.5, 0.6) is 0 Å². The molecule has 2 N–H and O–H groups in total. The number of aliphatic carboxylic acids is 1. The molecular weight excluding hydrogens is 289 g/mol. The summed E-state index contributed by atoms with van der Waals surface area (Å²) in [4.78, 5) is 23.7. The summed E-state index contributed by atoms with van der Waals surface area (Å²) in [5, 5.41) is 12.0. The van der Waals surface area contributed by atoms with Gasteiger partial charge in [0.25, 0.3) is 0 Å². The first-order chi connectivity index (χ1) is 10.5. The summed E-state index contributed by atoms with van der Waals surface area (Å²) < 4.78 is 18.0. The van der Waals surface area contributed by atoms with Crippen LogP contribution in [0.4, 0.5) is 4.39 Å². The molecule has 5 nitrogen and oxygen atoms in total.